The highest BCUT2D eigenvalue weighted by atomic mass is 32.2. The largest absolute Gasteiger partial charge is 0.469 e. The molecule has 2 atom stereocenters. The van der Waals surface area contributed by atoms with Crippen molar-refractivity contribution in [3.05, 3.63) is 34.9 Å². The van der Waals surface area contributed by atoms with Crippen LogP contribution in [0, 0.1) is 0 Å². The third kappa shape index (κ3) is 3.66. The number of rotatable bonds is 5. The summed E-state index contributed by atoms with van der Waals surface area (Å²) in [5.74, 6) is 0.223. The van der Waals surface area contributed by atoms with E-state index in [-0.39, 0.29) is 17.6 Å². The van der Waals surface area contributed by atoms with E-state index in [1.54, 1.807) is 0 Å². The predicted molar refractivity (Wildman–Crippen MR) is 76.4 cm³/mol. The Balaban J connectivity index is 1.97. The maximum atomic E-state index is 12.2. The van der Waals surface area contributed by atoms with Crippen molar-refractivity contribution in [3.8, 4) is 0 Å². The minimum absolute atomic E-state index is 0.166. The van der Waals surface area contributed by atoms with Crippen molar-refractivity contribution >= 4 is 16.8 Å². The lowest BCUT2D eigenvalue weighted by Gasteiger charge is -2.11. The average molecular weight is 280 g/mol. The van der Waals surface area contributed by atoms with E-state index in [4.69, 9.17) is 0 Å². The van der Waals surface area contributed by atoms with E-state index in [0.29, 0.717) is 5.75 Å². The van der Waals surface area contributed by atoms with E-state index >= 15 is 0 Å². The number of fused-ring (bicyclic) bond motifs is 1. The van der Waals surface area contributed by atoms with E-state index < -0.39 is 10.8 Å². The monoisotopic (exact) mass is 280 g/mol. The van der Waals surface area contributed by atoms with Crippen LogP contribution in [0.2, 0.25) is 0 Å². The van der Waals surface area contributed by atoms with Crippen molar-refractivity contribution < 1.29 is 13.7 Å². The molecule has 0 aromatic heterocycles. The Labute approximate surface area is 116 Å². The molecule has 4 heteroatoms. The number of hydrogen-bond acceptors (Lipinski definition) is 3. The fraction of sp³-hybridized carbons (Fsp3) is 0.533. The van der Waals surface area contributed by atoms with Gasteiger partial charge in [0, 0.05) is 21.8 Å². The van der Waals surface area contributed by atoms with Crippen LogP contribution >= 0.6 is 0 Å². The van der Waals surface area contributed by atoms with Crippen molar-refractivity contribution in [2.24, 2.45) is 0 Å². The molecule has 0 heterocycles. The van der Waals surface area contributed by atoms with Gasteiger partial charge in [-0.15, -0.1) is 0 Å². The van der Waals surface area contributed by atoms with Gasteiger partial charge in [-0.2, -0.15) is 0 Å². The highest BCUT2D eigenvalue weighted by Crippen LogP contribution is 2.23. The first-order valence-electron chi connectivity index (χ1n) is 6.65. The lowest BCUT2D eigenvalue weighted by molar-refractivity contribution is -0.140. The van der Waals surface area contributed by atoms with Gasteiger partial charge in [-0.1, -0.05) is 25.1 Å². The summed E-state index contributed by atoms with van der Waals surface area (Å²) in [5, 5.41) is -0.166. The van der Waals surface area contributed by atoms with Crippen LogP contribution in [-0.4, -0.2) is 22.5 Å². The molecule has 0 spiro atoms. The average Bonchev–Trinajstić information content (AvgIpc) is 2.85. The Morgan fingerprint density at radius 2 is 2.11 bits per heavy atom. The molecule has 0 fully saturated rings. The Morgan fingerprint density at radius 1 is 1.37 bits per heavy atom. The Kier molecular flexibility index (Phi) is 4.75. The van der Waals surface area contributed by atoms with Gasteiger partial charge in [-0.05, 0) is 36.0 Å². The summed E-state index contributed by atoms with van der Waals surface area (Å²) < 4.78 is 16.8. The topological polar surface area (TPSA) is 43.4 Å². The summed E-state index contributed by atoms with van der Waals surface area (Å²) in [7, 11) is 0.324. The van der Waals surface area contributed by atoms with Crippen molar-refractivity contribution in [2.75, 3.05) is 7.11 Å². The van der Waals surface area contributed by atoms with Gasteiger partial charge >= 0.3 is 5.97 Å². The SMILES string of the molecule is COC(=O)CC(C)S(=O)Cc1ccc2c(c1)CCC2. The summed E-state index contributed by atoms with van der Waals surface area (Å²) >= 11 is 0. The van der Waals surface area contributed by atoms with Gasteiger partial charge in [0.1, 0.15) is 0 Å². The number of carbonyl (C=O) groups is 1. The molecule has 0 amide bonds. The molecular formula is C15H20O3S. The molecule has 3 nitrogen and oxygen atoms in total. The van der Waals surface area contributed by atoms with Crippen LogP contribution in [0.4, 0.5) is 0 Å². The molecule has 19 heavy (non-hydrogen) atoms. The lowest BCUT2D eigenvalue weighted by Crippen LogP contribution is -2.18. The van der Waals surface area contributed by atoms with E-state index in [1.807, 2.05) is 6.92 Å². The van der Waals surface area contributed by atoms with Crippen molar-refractivity contribution in [3.63, 3.8) is 0 Å². The predicted octanol–water partition coefficient (Wildman–Crippen LogP) is 2.38. The Morgan fingerprint density at radius 3 is 2.84 bits per heavy atom. The molecule has 0 N–H and O–H groups in total. The number of benzene rings is 1. The van der Waals surface area contributed by atoms with Gasteiger partial charge in [-0.3, -0.25) is 9.00 Å². The Bertz CT molecular complexity index is 496. The molecule has 1 aromatic carbocycles. The molecule has 1 aliphatic carbocycles. The van der Waals surface area contributed by atoms with Crippen LogP contribution in [0.5, 0.6) is 0 Å². The summed E-state index contributed by atoms with van der Waals surface area (Å²) in [6.45, 7) is 1.83. The molecule has 0 aliphatic heterocycles. The van der Waals surface area contributed by atoms with Gasteiger partial charge in [0.15, 0.2) is 0 Å². The molecule has 1 aliphatic rings. The second-order valence-corrected chi connectivity index (χ2v) is 6.93. The van der Waals surface area contributed by atoms with Gasteiger partial charge in [0.2, 0.25) is 0 Å². The minimum atomic E-state index is -1.04. The quantitative estimate of drug-likeness (QED) is 0.778. The van der Waals surface area contributed by atoms with E-state index in [9.17, 15) is 9.00 Å². The number of aryl methyl sites for hydroxylation is 2. The van der Waals surface area contributed by atoms with E-state index in [1.165, 1.54) is 24.7 Å². The third-order valence-electron chi connectivity index (χ3n) is 3.60. The summed E-state index contributed by atoms with van der Waals surface area (Å²) in [5.41, 5.74) is 3.93. The first-order chi connectivity index (χ1) is 9.10. The molecule has 0 bridgehead atoms. The van der Waals surface area contributed by atoms with Crippen molar-refractivity contribution in [2.45, 2.75) is 43.6 Å². The zero-order chi connectivity index (χ0) is 13.8. The smallest absolute Gasteiger partial charge is 0.306 e. The van der Waals surface area contributed by atoms with E-state index in [0.717, 1.165) is 18.4 Å². The van der Waals surface area contributed by atoms with Crippen LogP contribution in [0.1, 0.15) is 36.5 Å². The molecule has 0 radical (unpaired) electrons. The Hall–Kier alpha value is -1.16. The highest BCUT2D eigenvalue weighted by Gasteiger charge is 2.17. The second kappa shape index (κ2) is 6.33. The number of carbonyl (C=O) groups excluding carboxylic acids is 1. The van der Waals surface area contributed by atoms with Gasteiger partial charge in [-0.25, -0.2) is 0 Å². The van der Waals surface area contributed by atoms with Gasteiger partial charge < -0.3 is 4.74 Å². The van der Waals surface area contributed by atoms with Crippen LogP contribution in [0.25, 0.3) is 0 Å². The van der Waals surface area contributed by atoms with Crippen LogP contribution in [-0.2, 0) is 38.9 Å². The molecule has 2 rings (SSSR count). The number of hydrogen-bond donors (Lipinski definition) is 0. The van der Waals surface area contributed by atoms with E-state index in [2.05, 4.69) is 22.9 Å². The maximum absolute atomic E-state index is 12.2. The summed E-state index contributed by atoms with van der Waals surface area (Å²) in [4.78, 5) is 11.2. The molecule has 1 aromatic rings. The van der Waals surface area contributed by atoms with Crippen LogP contribution in [0.3, 0.4) is 0 Å². The molecular weight excluding hydrogens is 260 g/mol. The zero-order valence-corrected chi connectivity index (χ0v) is 12.3. The van der Waals surface area contributed by atoms with Crippen LogP contribution < -0.4 is 0 Å². The maximum Gasteiger partial charge on any atom is 0.306 e. The standard InChI is InChI=1S/C15H20O3S/c1-11(8-15(16)18-2)19(17)10-12-6-7-13-4-3-5-14(13)9-12/h6-7,9,11H,3-5,8,10H2,1-2H3. The second-order valence-electron chi connectivity index (χ2n) is 5.07. The third-order valence-corrected chi connectivity index (χ3v) is 5.28. The minimum Gasteiger partial charge on any atom is -0.469 e. The molecule has 0 saturated carbocycles. The summed E-state index contributed by atoms with van der Waals surface area (Å²) in [6.07, 6.45) is 3.74. The van der Waals surface area contributed by atoms with Crippen molar-refractivity contribution in [1.82, 2.24) is 0 Å². The molecule has 104 valence electrons. The van der Waals surface area contributed by atoms with Crippen molar-refractivity contribution in [1.29, 1.82) is 0 Å². The summed E-state index contributed by atoms with van der Waals surface area (Å²) in [6, 6.07) is 6.39. The molecule has 2 unspecified atom stereocenters. The zero-order valence-electron chi connectivity index (χ0n) is 11.5. The van der Waals surface area contributed by atoms with Gasteiger partial charge in [0.25, 0.3) is 0 Å². The first-order valence-corrected chi connectivity index (χ1v) is 8.03. The molecule has 0 saturated heterocycles. The normalized spacial score (nSPS) is 16.7. The highest BCUT2D eigenvalue weighted by molar-refractivity contribution is 7.84. The van der Waals surface area contributed by atoms with Gasteiger partial charge in [0.05, 0.1) is 13.5 Å². The fourth-order valence-corrected chi connectivity index (χ4v) is 3.55. The first kappa shape index (κ1) is 14.3. The van der Waals surface area contributed by atoms with Crippen LogP contribution in [0.15, 0.2) is 18.2 Å². The number of methoxy groups -OCH3 is 1. The number of ether oxygens (including phenoxy) is 1. The lowest BCUT2D eigenvalue weighted by atomic mass is 10.1. The number of esters is 1. The fourth-order valence-electron chi connectivity index (χ4n) is 2.43.